The quantitative estimate of drug-likeness (QED) is 0.653. The SMILES string of the molecule is CCS(=O)(=O)c1cc(C(=O)NC2CCN(CC3CCCCC3)C2)c(OC)cc1N. The molecule has 0 radical (unpaired) electrons. The molecule has 0 bridgehead atoms. The van der Waals surface area contributed by atoms with E-state index >= 15 is 0 Å². The Morgan fingerprint density at radius 3 is 2.62 bits per heavy atom. The van der Waals surface area contributed by atoms with Crippen molar-refractivity contribution in [2.45, 2.75) is 56.4 Å². The number of methoxy groups -OCH3 is 1. The average Bonchev–Trinajstić information content (AvgIpc) is 3.14. The highest BCUT2D eigenvalue weighted by atomic mass is 32.2. The van der Waals surface area contributed by atoms with E-state index in [9.17, 15) is 13.2 Å². The van der Waals surface area contributed by atoms with Crippen LogP contribution in [-0.4, -0.2) is 57.8 Å². The Kier molecular flexibility index (Phi) is 7.05. The zero-order chi connectivity index (χ0) is 21.0. The van der Waals surface area contributed by atoms with Gasteiger partial charge in [-0.2, -0.15) is 0 Å². The summed E-state index contributed by atoms with van der Waals surface area (Å²) in [6.07, 6.45) is 7.54. The largest absolute Gasteiger partial charge is 0.496 e. The molecule has 1 atom stereocenters. The lowest BCUT2D eigenvalue weighted by molar-refractivity contribution is 0.0934. The molecular weight excluding hydrogens is 390 g/mol. The summed E-state index contributed by atoms with van der Waals surface area (Å²) in [4.78, 5) is 15.3. The molecule has 1 amide bonds. The third kappa shape index (κ3) is 5.22. The smallest absolute Gasteiger partial charge is 0.255 e. The first-order chi connectivity index (χ1) is 13.8. The molecule has 1 aliphatic heterocycles. The lowest BCUT2D eigenvalue weighted by Gasteiger charge is -2.26. The molecule has 7 nitrogen and oxygen atoms in total. The number of anilines is 1. The molecule has 1 saturated carbocycles. The van der Waals surface area contributed by atoms with Crippen molar-refractivity contribution in [2.75, 3.05) is 38.2 Å². The molecule has 2 fully saturated rings. The van der Waals surface area contributed by atoms with Gasteiger partial charge in [0.1, 0.15) is 5.75 Å². The normalized spacial score (nSPS) is 21.2. The fourth-order valence-corrected chi connectivity index (χ4v) is 5.49. The van der Waals surface area contributed by atoms with Crippen molar-refractivity contribution >= 4 is 21.4 Å². The highest BCUT2D eigenvalue weighted by Gasteiger charge is 2.28. The van der Waals surface area contributed by atoms with Gasteiger partial charge < -0.3 is 20.7 Å². The Hall–Kier alpha value is -1.80. The summed E-state index contributed by atoms with van der Waals surface area (Å²) in [6.45, 7) is 4.48. The monoisotopic (exact) mass is 423 g/mol. The van der Waals surface area contributed by atoms with E-state index in [-0.39, 0.29) is 39.6 Å². The number of hydrogen-bond donors (Lipinski definition) is 2. The number of carbonyl (C=O) groups excluding carboxylic acids is 1. The standard InChI is InChI=1S/C21H33N3O4S/c1-3-29(26,27)20-11-17(19(28-2)12-18(20)22)21(25)23-16-9-10-24(14-16)13-15-7-5-4-6-8-15/h11-12,15-16H,3-10,13-14,22H2,1-2H3,(H,23,25). The molecule has 1 saturated heterocycles. The molecule has 29 heavy (non-hydrogen) atoms. The number of nitrogens with one attached hydrogen (secondary N) is 1. The van der Waals surface area contributed by atoms with Crippen molar-refractivity contribution in [1.29, 1.82) is 0 Å². The number of sulfone groups is 1. The number of hydrogen-bond acceptors (Lipinski definition) is 6. The first-order valence-corrected chi connectivity index (χ1v) is 12.2. The number of likely N-dealkylation sites (tertiary alicyclic amines) is 1. The third-order valence-electron chi connectivity index (χ3n) is 6.14. The van der Waals surface area contributed by atoms with Crippen LogP contribution < -0.4 is 15.8 Å². The maximum atomic E-state index is 12.9. The molecule has 2 aliphatic rings. The minimum Gasteiger partial charge on any atom is -0.496 e. The van der Waals surface area contributed by atoms with Crippen LogP contribution in [0, 0.1) is 5.92 Å². The predicted molar refractivity (Wildman–Crippen MR) is 114 cm³/mol. The second-order valence-electron chi connectivity index (χ2n) is 8.22. The lowest BCUT2D eigenvalue weighted by atomic mass is 9.89. The highest BCUT2D eigenvalue weighted by molar-refractivity contribution is 7.91. The van der Waals surface area contributed by atoms with E-state index in [2.05, 4.69) is 10.2 Å². The summed E-state index contributed by atoms with van der Waals surface area (Å²) in [5.41, 5.74) is 6.21. The molecule has 1 aromatic carbocycles. The van der Waals surface area contributed by atoms with Gasteiger partial charge in [-0.15, -0.1) is 0 Å². The van der Waals surface area contributed by atoms with E-state index in [0.29, 0.717) is 0 Å². The first-order valence-electron chi connectivity index (χ1n) is 10.6. The van der Waals surface area contributed by atoms with Crippen molar-refractivity contribution in [2.24, 2.45) is 5.92 Å². The van der Waals surface area contributed by atoms with Crippen LogP contribution >= 0.6 is 0 Å². The van der Waals surface area contributed by atoms with Gasteiger partial charge in [0.05, 0.1) is 29.0 Å². The van der Waals surface area contributed by atoms with Gasteiger partial charge in [-0.25, -0.2) is 8.42 Å². The van der Waals surface area contributed by atoms with Crippen LogP contribution in [0.25, 0.3) is 0 Å². The number of nitrogen functional groups attached to an aromatic ring is 1. The molecule has 3 N–H and O–H groups in total. The van der Waals surface area contributed by atoms with Gasteiger partial charge in [-0.3, -0.25) is 4.79 Å². The summed E-state index contributed by atoms with van der Waals surface area (Å²) >= 11 is 0. The van der Waals surface area contributed by atoms with E-state index in [1.807, 2.05) is 0 Å². The molecule has 1 heterocycles. The number of ether oxygens (including phenoxy) is 1. The Labute approximate surface area is 173 Å². The summed E-state index contributed by atoms with van der Waals surface area (Å²) in [7, 11) is -2.09. The molecule has 0 aromatic heterocycles. The van der Waals surface area contributed by atoms with Crippen LogP contribution in [0.2, 0.25) is 0 Å². The van der Waals surface area contributed by atoms with E-state index in [1.165, 1.54) is 51.3 Å². The van der Waals surface area contributed by atoms with Crippen molar-refractivity contribution in [3.63, 3.8) is 0 Å². The maximum Gasteiger partial charge on any atom is 0.255 e. The van der Waals surface area contributed by atoms with Crippen LogP contribution in [-0.2, 0) is 9.84 Å². The Balaban J connectivity index is 1.68. The summed E-state index contributed by atoms with van der Waals surface area (Å²) in [6, 6.07) is 2.82. The number of nitrogens with two attached hydrogens (primary N) is 1. The maximum absolute atomic E-state index is 12.9. The molecule has 1 aliphatic carbocycles. The van der Waals surface area contributed by atoms with Crippen LogP contribution in [0.4, 0.5) is 5.69 Å². The minimum absolute atomic E-state index is 0.0173. The highest BCUT2D eigenvalue weighted by Crippen LogP contribution is 2.30. The topological polar surface area (TPSA) is 102 Å². The van der Waals surface area contributed by atoms with Gasteiger partial charge in [-0.05, 0) is 31.2 Å². The number of benzene rings is 1. The second-order valence-corrected chi connectivity index (χ2v) is 10.5. The molecule has 3 rings (SSSR count). The van der Waals surface area contributed by atoms with Crippen molar-refractivity contribution < 1.29 is 17.9 Å². The number of carbonyl (C=O) groups is 1. The number of rotatable bonds is 7. The minimum atomic E-state index is -3.53. The van der Waals surface area contributed by atoms with Crippen LogP contribution in [0.15, 0.2) is 17.0 Å². The summed E-state index contributed by atoms with van der Waals surface area (Å²) in [5, 5.41) is 3.06. The van der Waals surface area contributed by atoms with Crippen LogP contribution in [0.1, 0.15) is 55.8 Å². The van der Waals surface area contributed by atoms with Crippen LogP contribution in [0.5, 0.6) is 5.75 Å². The lowest BCUT2D eigenvalue weighted by Crippen LogP contribution is -2.38. The summed E-state index contributed by atoms with van der Waals surface area (Å²) in [5.74, 6) is 0.659. The van der Waals surface area contributed by atoms with Crippen molar-refractivity contribution in [1.82, 2.24) is 10.2 Å². The summed E-state index contributed by atoms with van der Waals surface area (Å²) < 4.78 is 29.9. The molecule has 1 aromatic rings. The second kappa shape index (κ2) is 9.34. The fourth-order valence-electron chi connectivity index (χ4n) is 4.46. The van der Waals surface area contributed by atoms with E-state index in [1.54, 1.807) is 6.92 Å². The average molecular weight is 424 g/mol. The fraction of sp³-hybridized carbons (Fsp3) is 0.667. The Morgan fingerprint density at radius 2 is 1.97 bits per heavy atom. The van der Waals surface area contributed by atoms with E-state index in [0.717, 1.165) is 32.0 Å². The molecule has 8 heteroatoms. The first kappa shape index (κ1) is 21.9. The van der Waals surface area contributed by atoms with Gasteiger partial charge in [0, 0.05) is 31.7 Å². The Morgan fingerprint density at radius 1 is 1.24 bits per heavy atom. The number of nitrogens with zero attached hydrogens (tertiary/aromatic N) is 1. The molecule has 0 spiro atoms. The van der Waals surface area contributed by atoms with Gasteiger partial charge in [0.15, 0.2) is 9.84 Å². The van der Waals surface area contributed by atoms with Crippen molar-refractivity contribution in [3.8, 4) is 5.75 Å². The van der Waals surface area contributed by atoms with Gasteiger partial charge in [0.2, 0.25) is 0 Å². The molecule has 162 valence electrons. The van der Waals surface area contributed by atoms with Gasteiger partial charge in [0.25, 0.3) is 5.91 Å². The molecular formula is C21H33N3O4S. The van der Waals surface area contributed by atoms with Gasteiger partial charge in [-0.1, -0.05) is 26.2 Å². The van der Waals surface area contributed by atoms with Crippen LogP contribution in [0.3, 0.4) is 0 Å². The van der Waals surface area contributed by atoms with Crippen molar-refractivity contribution in [3.05, 3.63) is 17.7 Å². The van der Waals surface area contributed by atoms with E-state index < -0.39 is 9.84 Å². The predicted octanol–water partition coefficient (Wildman–Crippen LogP) is 2.46. The third-order valence-corrected chi connectivity index (χ3v) is 7.92. The van der Waals surface area contributed by atoms with E-state index in [4.69, 9.17) is 10.5 Å². The Bertz CT molecular complexity index is 835. The molecule has 1 unspecified atom stereocenters. The zero-order valence-electron chi connectivity index (χ0n) is 17.4. The van der Waals surface area contributed by atoms with Gasteiger partial charge >= 0.3 is 0 Å². The number of amides is 1. The zero-order valence-corrected chi connectivity index (χ0v) is 18.3.